The number of oxazole rings is 1. The van der Waals surface area contributed by atoms with Crippen LogP contribution in [0.25, 0.3) is 10.8 Å². The van der Waals surface area contributed by atoms with E-state index in [-0.39, 0.29) is 12.3 Å². The minimum Gasteiger partial charge on any atom is -0.486 e. The summed E-state index contributed by atoms with van der Waals surface area (Å²) >= 11 is 1.58. The number of nitrogens with zero attached hydrogens (tertiary/aromatic N) is 3. The third-order valence-electron chi connectivity index (χ3n) is 5.68. The summed E-state index contributed by atoms with van der Waals surface area (Å²) in [6, 6.07) is 10.1. The fourth-order valence-electron chi connectivity index (χ4n) is 3.95. The molecule has 1 fully saturated rings. The van der Waals surface area contributed by atoms with Gasteiger partial charge in [-0.05, 0) is 36.1 Å². The Morgan fingerprint density at radius 2 is 1.90 bits per heavy atom. The molecular formula is C23H25N3O4S. The van der Waals surface area contributed by atoms with Gasteiger partial charge in [0.1, 0.15) is 19.0 Å². The lowest BCUT2D eigenvalue weighted by atomic mass is 10.1. The zero-order valence-electron chi connectivity index (χ0n) is 17.5. The maximum Gasteiger partial charge on any atom is 0.236 e. The lowest BCUT2D eigenvalue weighted by Gasteiger charge is -2.35. The molecule has 7 nitrogen and oxygen atoms in total. The van der Waals surface area contributed by atoms with Gasteiger partial charge in [0.15, 0.2) is 11.5 Å². The summed E-state index contributed by atoms with van der Waals surface area (Å²) in [5.41, 5.74) is 1.93. The molecule has 0 radical (unpaired) electrons. The number of aromatic nitrogens is 1. The number of rotatable bonds is 5. The number of hydrogen-bond donors (Lipinski definition) is 0. The molecule has 1 amide bonds. The predicted octanol–water partition coefficient (Wildman–Crippen LogP) is 3.37. The molecule has 2 aliphatic heterocycles. The maximum absolute atomic E-state index is 12.8. The van der Waals surface area contributed by atoms with Crippen LogP contribution in [0.4, 0.5) is 0 Å². The minimum absolute atomic E-state index is 0.105. The van der Waals surface area contributed by atoms with E-state index in [9.17, 15) is 4.79 Å². The highest BCUT2D eigenvalue weighted by molar-refractivity contribution is 7.13. The Labute approximate surface area is 185 Å². The molecule has 0 aliphatic carbocycles. The number of thiophene rings is 1. The largest absolute Gasteiger partial charge is 0.486 e. The molecule has 4 heterocycles. The highest BCUT2D eigenvalue weighted by Crippen LogP contribution is 2.31. The van der Waals surface area contributed by atoms with E-state index in [1.807, 2.05) is 35.4 Å². The van der Waals surface area contributed by atoms with Crippen molar-refractivity contribution in [3.8, 4) is 22.3 Å². The Kier molecular flexibility index (Phi) is 5.65. The smallest absolute Gasteiger partial charge is 0.236 e. The number of aryl methyl sites for hydroxylation is 1. The molecule has 1 aromatic carbocycles. The van der Waals surface area contributed by atoms with Crippen LogP contribution in [0, 0.1) is 6.92 Å². The standard InChI is InChI=1S/C23H25N3O4S/c1-16-18(24-23(30-16)21-3-2-12-31-21)14-22(27)26-8-6-25(7-9-26)15-17-4-5-19-20(13-17)29-11-10-28-19/h2-5,12-13H,6-11,14-15H2,1H3. The average Bonchev–Trinajstić information content (AvgIpc) is 3.44. The SMILES string of the molecule is Cc1oc(-c2cccs2)nc1CC(=O)N1CCN(Cc2ccc3c(c2)OCCO3)CC1. The van der Waals surface area contributed by atoms with Crippen LogP contribution in [0.5, 0.6) is 11.5 Å². The Balaban J connectivity index is 1.15. The summed E-state index contributed by atoms with van der Waals surface area (Å²) in [6.07, 6.45) is 0.281. The molecule has 1 saturated heterocycles. The molecule has 0 spiro atoms. The number of fused-ring (bicyclic) bond motifs is 1. The Bertz CT molecular complexity index is 1050. The number of hydrogen-bond acceptors (Lipinski definition) is 7. The molecule has 0 N–H and O–H groups in total. The van der Waals surface area contributed by atoms with Crippen LogP contribution in [0.2, 0.25) is 0 Å². The van der Waals surface area contributed by atoms with E-state index in [1.165, 1.54) is 5.56 Å². The highest BCUT2D eigenvalue weighted by atomic mass is 32.1. The van der Waals surface area contributed by atoms with Crippen LogP contribution in [0.1, 0.15) is 17.0 Å². The molecule has 5 rings (SSSR count). The van der Waals surface area contributed by atoms with Crippen LogP contribution in [0.15, 0.2) is 40.1 Å². The van der Waals surface area contributed by atoms with Crippen LogP contribution < -0.4 is 9.47 Å². The first-order valence-corrected chi connectivity index (χ1v) is 11.4. The Morgan fingerprint density at radius 3 is 2.68 bits per heavy atom. The van der Waals surface area contributed by atoms with E-state index in [1.54, 1.807) is 11.3 Å². The summed E-state index contributed by atoms with van der Waals surface area (Å²) in [5.74, 6) is 3.06. The number of carbonyl (C=O) groups excluding carboxylic acids is 1. The Morgan fingerprint density at radius 1 is 1.10 bits per heavy atom. The van der Waals surface area contributed by atoms with Gasteiger partial charge in [-0.15, -0.1) is 11.3 Å². The molecule has 31 heavy (non-hydrogen) atoms. The third-order valence-corrected chi connectivity index (χ3v) is 6.54. The van der Waals surface area contributed by atoms with Gasteiger partial charge in [-0.1, -0.05) is 12.1 Å². The summed E-state index contributed by atoms with van der Waals surface area (Å²) in [6.45, 7) is 7.04. The van der Waals surface area contributed by atoms with E-state index in [0.717, 1.165) is 54.8 Å². The second-order valence-corrected chi connectivity index (χ2v) is 8.76. The van der Waals surface area contributed by atoms with Gasteiger partial charge < -0.3 is 18.8 Å². The normalized spacial score (nSPS) is 16.5. The molecule has 2 aliphatic rings. The number of ether oxygens (including phenoxy) is 2. The monoisotopic (exact) mass is 439 g/mol. The molecule has 0 saturated carbocycles. The molecule has 0 bridgehead atoms. The van der Waals surface area contributed by atoms with Crippen molar-refractivity contribution in [1.29, 1.82) is 0 Å². The van der Waals surface area contributed by atoms with Crippen molar-refractivity contribution in [2.24, 2.45) is 0 Å². The second-order valence-electron chi connectivity index (χ2n) is 7.81. The van der Waals surface area contributed by atoms with Crippen molar-refractivity contribution >= 4 is 17.2 Å². The zero-order valence-corrected chi connectivity index (χ0v) is 18.3. The highest BCUT2D eigenvalue weighted by Gasteiger charge is 2.24. The lowest BCUT2D eigenvalue weighted by Crippen LogP contribution is -2.48. The van der Waals surface area contributed by atoms with Gasteiger partial charge in [-0.2, -0.15) is 0 Å². The topological polar surface area (TPSA) is 68.0 Å². The van der Waals surface area contributed by atoms with Crippen molar-refractivity contribution in [2.75, 3.05) is 39.4 Å². The van der Waals surface area contributed by atoms with Crippen molar-refractivity contribution in [1.82, 2.24) is 14.8 Å². The van der Waals surface area contributed by atoms with Crippen molar-refractivity contribution in [3.05, 3.63) is 52.7 Å². The molecule has 8 heteroatoms. The first kappa shape index (κ1) is 20.1. The number of benzene rings is 1. The minimum atomic E-state index is 0.105. The summed E-state index contributed by atoms with van der Waals surface area (Å²) in [4.78, 5) is 22.7. The van der Waals surface area contributed by atoms with E-state index >= 15 is 0 Å². The molecule has 0 unspecified atom stereocenters. The fourth-order valence-corrected chi connectivity index (χ4v) is 4.60. The number of amides is 1. The molecule has 3 aromatic rings. The van der Waals surface area contributed by atoms with Crippen molar-refractivity contribution < 1.29 is 18.7 Å². The van der Waals surface area contributed by atoms with Gasteiger partial charge in [0.05, 0.1) is 17.0 Å². The number of carbonyl (C=O) groups is 1. The van der Waals surface area contributed by atoms with E-state index in [2.05, 4.69) is 22.0 Å². The Hall–Kier alpha value is -2.84. The summed E-state index contributed by atoms with van der Waals surface area (Å²) in [7, 11) is 0. The van der Waals surface area contributed by atoms with Gasteiger partial charge in [-0.3, -0.25) is 9.69 Å². The van der Waals surface area contributed by atoms with Gasteiger partial charge in [0, 0.05) is 32.7 Å². The van der Waals surface area contributed by atoms with E-state index in [4.69, 9.17) is 13.9 Å². The number of piperazine rings is 1. The lowest BCUT2D eigenvalue weighted by molar-refractivity contribution is -0.132. The fraction of sp³-hybridized carbons (Fsp3) is 0.391. The second kappa shape index (κ2) is 8.72. The van der Waals surface area contributed by atoms with Crippen LogP contribution in [0.3, 0.4) is 0 Å². The van der Waals surface area contributed by atoms with Gasteiger partial charge in [0.2, 0.25) is 11.8 Å². The molecule has 162 valence electrons. The van der Waals surface area contributed by atoms with E-state index < -0.39 is 0 Å². The van der Waals surface area contributed by atoms with Gasteiger partial charge in [-0.25, -0.2) is 4.98 Å². The predicted molar refractivity (Wildman–Crippen MR) is 118 cm³/mol. The van der Waals surface area contributed by atoms with Crippen molar-refractivity contribution in [3.63, 3.8) is 0 Å². The first-order chi connectivity index (χ1) is 15.2. The average molecular weight is 440 g/mol. The maximum atomic E-state index is 12.8. The van der Waals surface area contributed by atoms with Gasteiger partial charge >= 0.3 is 0 Å². The van der Waals surface area contributed by atoms with Gasteiger partial charge in [0.25, 0.3) is 0 Å². The summed E-state index contributed by atoms with van der Waals surface area (Å²) < 4.78 is 17.0. The third kappa shape index (κ3) is 4.45. The van der Waals surface area contributed by atoms with Crippen molar-refractivity contribution in [2.45, 2.75) is 19.9 Å². The first-order valence-electron chi connectivity index (χ1n) is 10.5. The van der Waals surface area contributed by atoms with E-state index in [0.29, 0.717) is 24.9 Å². The molecule has 2 aromatic heterocycles. The molecule has 0 atom stereocenters. The quantitative estimate of drug-likeness (QED) is 0.607. The zero-order chi connectivity index (χ0) is 21.2. The van der Waals surface area contributed by atoms with Crippen LogP contribution >= 0.6 is 11.3 Å². The molecular weight excluding hydrogens is 414 g/mol. The van der Waals surface area contributed by atoms with Crippen LogP contribution in [-0.2, 0) is 17.8 Å². The van der Waals surface area contributed by atoms with Crippen LogP contribution in [-0.4, -0.2) is 60.1 Å². The summed E-state index contributed by atoms with van der Waals surface area (Å²) in [5, 5.41) is 1.99.